The molecule has 0 fully saturated rings. The maximum Gasteiger partial charge on any atom is 0.261 e. The maximum atomic E-state index is 12.6. The molecule has 0 saturated carbocycles. The van der Waals surface area contributed by atoms with E-state index in [4.69, 9.17) is 9.15 Å². The Kier molecular flexibility index (Phi) is 4.66. The van der Waals surface area contributed by atoms with Gasteiger partial charge in [-0.15, -0.1) is 0 Å². The van der Waals surface area contributed by atoms with E-state index >= 15 is 0 Å². The second-order valence-electron chi connectivity index (χ2n) is 6.81. The monoisotopic (exact) mass is 367 g/mol. The summed E-state index contributed by atoms with van der Waals surface area (Å²) in [6.45, 7) is 2.50. The molecule has 3 heterocycles. The van der Waals surface area contributed by atoms with Gasteiger partial charge in [-0.2, -0.15) is 0 Å². The number of carbonyl (C=O) groups excluding carboxylic acids is 1. The summed E-state index contributed by atoms with van der Waals surface area (Å²) < 4.78 is 12.6. The van der Waals surface area contributed by atoms with Crippen molar-refractivity contribution < 1.29 is 13.9 Å². The minimum atomic E-state index is -0.224. The van der Waals surface area contributed by atoms with Gasteiger partial charge in [0.05, 0.1) is 17.2 Å². The summed E-state index contributed by atoms with van der Waals surface area (Å²) >= 11 is 0. The summed E-state index contributed by atoms with van der Waals surface area (Å²) in [6, 6.07) is 8.79. The summed E-state index contributed by atoms with van der Waals surface area (Å²) in [7, 11) is 0. The van der Waals surface area contributed by atoms with E-state index < -0.39 is 0 Å². The van der Waals surface area contributed by atoms with Crippen molar-refractivity contribution >= 4 is 16.8 Å². The first-order valence-electron chi connectivity index (χ1n) is 9.08. The van der Waals surface area contributed by atoms with Gasteiger partial charge in [-0.1, -0.05) is 0 Å². The van der Waals surface area contributed by atoms with E-state index in [0.29, 0.717) is 29.6 Å². The number of nitrogens with one attached hydrogen (secondary N) is 1. The van der Waals surface area contributed by atoms with E-state index in [2.05, 4.69) is 10.3 Å². The summed E-state index contributed by atoms with van der Waals surface area (Å²) in [5.41, 5.74) is 0.617. The highest BCUT2D eigenvalue weighted by molar-refractivity contribution is 5.80. The third kappa shape index (κ3) is 3.72. The second kappa shape index (κ2) is 7.26. The van der Waals surface area contributed by atoms with Crippen LogP contribution in [0.2, 0.25) is 0 Å². The van der Waals surface area contributed by atoms with Crippen LogP contribution >= 0.6 is 0 Å². The lowest BCUT2D eigenvalue weighted by Crippen LogP contribution is -2.37. The van der Waals surface area contributed by atoms with Crippen molar-refractivity contribution in [3.8, 4) is 5.75 Å². The molecule has 1 aromatic carbocycles. The van der Waals surface area contributed by atoms with Crippen molar-refractivity contribution in [2.24, 2.45) is 0 Å². The highest BCUT2D eigenvalue weighted by Gasteiger charge is 2.16. The van der Waals surface area contributed by atoms with Crippen LogP contribution in [0.15, 0.2) is 45.8 Å². The fourth-order valence-electron chi connectivity index (χ4n) is 3.40. The van der Waals surface area contributed by atoms with Crippen LogP contribution in [0.4, 0.5) is 0 Å². The average molecular weight is 367 g/mol. The van der Waals surface area contributed by atoms with E-state index in [-0.39, 0.29) is 24.1 Å². The largest absolute Gasteiger partial charge is 0.484 e. The maximum absolute atomic E-state index is 12.6. The van der Waals surface area contributed by atoms with Gasteiger partial charge in [0.1, 0.15) is 17.3 Å². The van der Waals surface area contributed by atoms with Crippen LogP contribution in [-0.2, 0) is 24.2 Å². The van der Waals surface area contributed by atoms with Crippen molar-refractivity contribution in [3.05, 3.63) is 58.5 Å². The molecule has 140 valence electrons. The summed E-state index contributed by atoms with van der Waals surface area (Å²) in [6.07, 6.45) is 4.00. The molecule has 7 heteroatoms. The number of nitrogens with zero attached hydrogens (tertiary/aromatic N) is 2. The molecule has 1 amide bonds. The Balaban J connectivity index is 1.40. The third-order valence-electron chi connectivity index (χ3n) is 4.65. The quantitative estimate of drug-likeness (QED) is 0.721. The van der Waals surface area contributed by atoms with Crippen LogP contribution in [0.1, 0.15) is 24.9 Å². The van der Waals surface area contributed by atoms with E-state index in [1.54, 1.807) is 29.0 Å². The molecule has 1 atom stereocenters. The van der Waals surface area contributed by atoms with Crippen LogP contribution < -0.4 is 15.6 Å². The number of benzene rings is 1. The Morgan fingerprint density at radius 2 is 2.30 bits per heavy atom. The van der Waals surface area contributed by atoms with Crippen LogP contribution in [-0.4, -0.2) is 28.1 Å². The molecule has 0 aliphatic carbocycles. The van der Waals surface area contributed by atoms with Crippen molar-refractivity contribution in [1.29, 1.82) is 0 Å². The topological polar surface area (TPSA) is 86.4 Å². The molecule has 2 aromatic heterocycles. The number of carbonyl (C=O) groups is 1. The number of rotatable bonds is 6. The molecule has 3 aromatic rings. The molecule has 0 spiro atoms. The average Bonchev–Trinajstić information content (AvgIpc) is 3.32. The van der Waals surface area contributed by atoms with Gasteiger partial charge in [0.15, 0.2) is 6.61 Å². The number of hydrogen-bond acceptors (Lipinski definition) is 5. The molecule has 27 heavy (non-hydrogen) atoms. The van der Waals surface area contributed by atoms with Crippen molar-refractivity contribution in [2.45, 2.75) is 38.8 Å². The standard InChI is InChI=1S/C20H21N3O4/c1-13(10-14-4-3-9-26-14)21-19(24)12-27-15-6-7-17-16(11-15)20(25)23-8-2-5-18(23)22-17/h3-4,6-7,9,11,13H,2,5,8,10,12H2,1H3,(H,21,24)/t13-/m0/s1. The normalized spacial score (nSPS) is 14.1. The Morgan fingerprint density at radius 1 is 1.41 bits per heavy atom. The van der Waals surface area contributed by atoms with Crippen LogP contribution in [0.3, 0.4) is 0 Å². The lowest BCUT2D eigenvalue weighted by Gasteiger charge is -2.13. The van der Waals surface area contributed by atoms with Gasteiger partial charge in [0.25, 0.3) is 11.5 Å². The summed E-state index contributed by atoms with van der Waals surface area (Å²) in [5, 5.41) is 3.39. The molecule has 0 radical (unpaired) electrons. The first-order valence-corrected chi connectivity index (χ1v) is 9.08. The molecular weight excluding hydrogens is 346 g/mol. The van der Waals surface area contributed by atoms with Crippen LogP contribution in [0.5, 0.6) is 5.75 Å². The van der Waals surface area contributed by atoms with Crippen LogP contribution in [0.25, 0.3) is 10.9 Å². The second-order valence-corrected chi connectivity index (χ2v) is 6.81. The zero-order valence-corrected chi connectivity index (χ0v) is 15.1. The van der Waals surface area contributed by atoms with Gasteiger partial charge in [-0.3, -0.25) is 14.2 Å². The number of furan rings is 1. The lowest BCUT2D eigenvalue weighted by atomic mass is 10.2. The molecule has 1 aliphatic heterocycles. The number of aromatic nitrogens is 2. The van der Waals surface area contributed by atoms with Crippen molar-refractivity contribution in [3.63, 3.8) is 0 Å². The first kappa shape index (κ1) is 17.3. The predicted octanol–water partition coefficient (Wildman–Crippen LogP) is 2.06. The van der Waals surface area contributed by atoms with Crippen molar-refractivity contribution in [2.75, 3.05) is 6.61 Å². The molecule has 1 aliphatic rings. The zero-order valence-electron chi connectivity index (χ0n) is 15.1. The first-order chi connectivity index (χ1) is 13.1. The fourth-order valence-corrected chi connectivity index (χ4v) is 3.40. The van der Waals surface area contributed by atoms with Gasteiger partial charge >= 0.3 is 0 Å². The van der Waals surface area contributed by atoms with E-state index in [1.807, 2.05) is 19.1 Å². The van der Waals surface area contributed by atoms with Gasteiger partial charge in [-0.25, -0.2) is 4.98 Å². The SMILES string of the molecule is C[C@@H](Cc1ccco1)NC(=O)COc1ccc2nc3n(c(=O)c2c1)CCC3. The Morgan fingerprint density at radius 3 is 3.11 bits per heavy atom. The molecule has 4 rings (SSSR count). The summed E-state index contributed by atoms with van der Waals surface area (Å²) in [5.74, 6) is 1.91. The number of amides is 1. The van der Waals surface area contributed by atoms with Gasteiger partial charge < -0.3 is 14.5 Å². The molecule has 0 unspecified atom stereocenters. The van der Waals surface area contributed by atoms with Gasteiger partial charge in [-0.05, 0) is 43.7 Å². The molecule has 0 bridgehead atoms. The third-order valence-corrected chi connectivity index (χ3v) is 4.65. The highest BCUT2D eigenvalue weighted by Crippen LogP contribution is 2.19. The molecule has 1 N–H and O–H groups in total. The fraction of sp³-hybridized carbons (Fsp3) is 0.350. The smallest absolute Gasteiger partial charge is 0.261 e. The van der Waals surface area contributed by atoms with E-state index in [1.165, 1.54) is 0 Å². The van der Waals surface area contributed by atoms with Crippen molar-refractivity contribution in [1.82, 2.24) is 14.9 Å². The predicted molar refractivity (Wildman–Crippen MR) is 99.8 cm³/mol. The lowest BCUT2D eigenvalue weighted by molar-refractivity contribution is -0.123. The van der Waals surface area contributed by atoms with Gasteiger partial charge in [0, 0.05) is 25.4 Å². The Hall–Kier alpha value is -3.09. The van der Waals surface area contributed by atoms with Gasteiger partial charge in [0.2, 0.25) is 0 Å². The molecular formula is C20H21N3O4. The van der Waals surface area contributed by atoms with Crippen LogP contribution in [0, 0.1) is 0 Å². The minimum absolute atomic E-state index is 0.0468. The summed E-state index contributed by atoms with van der Waals surface area (Å²) in [4.78, 5) is 29.2. The number of ether oxygens (including phenoxy) is 1. The number of aryl methyl sites for hydroxylation is 1. The van der Waals surface area contributed by atoms with E-state index in [0.717, 1.165) is 24.4 Å². The number of fused-ring (bicyclic) bond motifs is 2. The number of hydrogen-bond donors (Lipinski definition) is 1. The Bertz CT molecular complexity index is 1020. The minimum Gasteiger partial charge on any atom is -0.484 e. The zero-order chi connectivity index (χ0) is 18.8. The Labute approximate surface area is 156 Å². The van der Waals surface area contributed by atoms with E-state index in [9.17, 15) is 9.59 Å². The molecule has 7 nitrogen and oxygen atoms in total. The highest BCUT2D eigenvalue weighted by atomic mass is 16.5. The molecule has 0 saturated heterocycles.